The van der Waals surface area contributed by atoms with Gasteiger partial charge in [-0.25, -0.2) is 0 Å². The Morgan fingerprint density at radius 2 is 1.83 bits per heavy atom. The molecule has 1 aromatic heterocycles. The Bertz CT molecular complexity index is 1040. The Balaban J connectivity index is 1.64. The van der Waals surface area contributed by atoms with E-state index in [-0.39, 0.29) is 34.2 Å². The predicted molar refractivity (Wildman–Crippen MR) is 110 cm³/mol. The molecule has 6 nitrogen and oxygen atoms in total. The maximum Gasteiger partial charge on any atom is 0.259 e. The molecular formula is C22H20ClN3O3. The van der Waals surface area contributed by atoms with Crippen molar-refractivity contribution in [1.29, 1.82) is 0 Å². The first-order chi connectivity index (χ1) is 14.0. The van der Waals surface area contributed by atoms with Gasteiger partial charge in [-0.2, -0.15) is 0 Å². The van der Waals surface area contributed by atoms with Gasteiger partial charge < -0.3 is 15.1 Å². The molecule has 4 rings (SSSR count). The fourth-order valence-electron chi connectivity index (χ4n) is 3.53. The van der Waals surface area contributed by atoms with Gasteiger partial charge in [0.15, 0.2) is 0 Å². The van der Waals surface area contributed by atoms with Crippen LogP contribution >= 0.6 is 11.6 Å². The number of rotatable bonds is 4. The minimum Gasteiger partial charge on any atom is -0.507 e. The Morgan fingerprint density at radius 1 is 1.10 bits per heavy atom. The van der Waals surface area contributed by atoms with Crippen molar-refractivity contribution in [2.45, 2.75) is 25.7 Å². The highest BCUT2D eigenvalue weighted by Crippen LogP contribution is 2.33. The fourth-order valence-corrected chi connectivity index (χ4v) is 3.70. The number of phenolic OH excluding ortho intramolecular Hbond substituents is 2. The molecule has 0 fully saturated rings. The third-order valence-corrected chi connectivity index (χ3v) is 5.40. The van der Waals surface area contributed by atoms with Crippen LogP contribution in [0.1, 0.15) is 27.0 Å². The zero-order chi connectivity index (χ0) is 20.4. The third kappa shape index (κ3) is 4.04. The van der Waals surface area contributed by atoms with E-state index in [2.05, 4.69) is 16.4 Å². The number of pyridine rings is 1. The molecule has 0 unspecified atom stereocenters. The number of fused-ring (bicyclic) bond motifs is 1. The number of nitrogens with zero attached hydrogens (tertiary/aromatic N) is 2. The zero-order valence-corrected chi connectivity index (χ0v) is 16.3. The number of carbonyl (C=O) groups excluding carboxylic acids is 1. The number of aromatic nitrogens is 1. The summed E-state index contributed by atoms with van der Waals surface area (Å²) < 4.78 is 0. The molecule has 0 bridgehead atoms. The van der Waals surface area contributed by atoms with Crippen LogP contribution in [0.4, 0.5) is 0 Å². The van der Waals surface area contributed by atoms with Crippen LogP contribution in [0.25, 0.3) is 0 Å². The quantitative estimate of drug-likeness (QED) is 0.614. The standard InChI is InChI=1S/C22H20ClN3O3/c23-18-10-17(19(27)11-20(18)28)22(29)26-13-16-4-2-1-3-15(16)9-21(26)25-12-14-5-7-24-8-6-14/h1-8,10-11,21,25,27-28H,9,12-13H2/t21-/m1/s1. The number of carbonyl (C=O) groups is 1. The number of amides is 1. The molecule has 0 saturated carbocycles. The summed E-state index contributed by atoms with van der Waals surface area (Å²) in [6.07, 6.45) is 3.83. The average Bonchev–Trinajstić information content (AvgIpc) is 2.74. The highest BCUT2D eigenvalue weighted by Gasteiger charge is 2.31. The Labute approximate surface area is 173 Å². The molecule has 1 atom stereocenters. The molecule has 1 aliphatic heterocycles. The molecule has 0 radical (unpaired) electrons. The smallest absolute Gasteiger partial charge is 0.259 e. The summed E-state index contributed by atoms with van der Waals surface area (Å²) >= 11 is 5.97. The third-order valence-electron chi connectivity index (χ3n) is 5.10. The molecule has 3 aromatic rings. The molecule has 0 spiro atoms. The maximum absolute atomic E-state index is 13.3. The monoisotopic (exact) mass is 409 g/mol. The van der Waals surface area contributed by atoms with Crippen molar-refractivity contribution in [3.63, 3.8) is 0 Å². The Kier molecular flexibility index (Phi) is 5.38. The van der Waals surface area contributed by atoms with Crippen LogP contribution in [0.15, 0.2) is 60.9 Å². The van der Waals surface area contributed by atoms with Crippen LogP contribution in [0.2, 0.25) is 5.02 Å². The SMILES string of the molecule is O=C(c1cc(Cl)c(O)cc1O)N1Cc2ccccc2C[C@@H]1NCc1ccncc1. The van der Waals surface area contributed by atoms with Crippen LogP contribution in [-0.2, 0) is 19.5 Å². The van der Waals surface area contributed by atoms with Gasteiger partial charge >= 0.3 is 0 Å². The van der Waals surface area contributed by atoms with E-state index in [4.69, 9.17) is 11.6 Å². The molecule has 148 valence electrons. The van der Waals surface area contributed by atoms with Crippen LogP contribution < -0.4 is 5.32 Å². The second kappa shape index (κ2) is 8.11. The van der Waals surface area contributed by atoms with E-state index in [9.17, 15) is 15.0 Å². The summed E-state index contributed by atoms with van der Waals surface area (Å²) in [6.45, 7) is 0.975. The van der Waals surface area contributed by atoms with Gasteiger partial charge in [0.1, 0.15) is 11.5 Å². The number of phenols is 2. The lowest BCUT2D eigenvalue weighted by Gasteiger charge is -2.37. The van der Waals surface area contributed by atoms with Gasteiger partial charge in [0.2, 0.25) is 0 Å². The topological polar surface area (TPSA) is 85.7 Å². The Hall–Kier alpha value is -3.09. The summed E-state index contributed by atoms with van der Waals surface area (Å²) in [5.41, 5.74) is 3.36. The maximum atomic E-state index is 13.3. The van der Waals surface area contributed by atoms with Gasteiger partial charge in [-0.1, -0.05) is 35.9 Å². The first-order valence-electron chi connectivity index (χ1n) is 9.24. The van der Waals surface area contributed by atoms with E-state index in [1.54, 1.807) is 17.3 Å². The van der Waals surface area contributed by atoms with Crippen molar-refractivity contribution in [2.24, 2.45) is 0 Å². The summed E-state index contributed by atoms with van der Waals surface area (Å²) in [5, 5.41) is 23.3. The zero-order valence-electron chi connectivity index (χ0n) is 15.5. The lowest BCUT2D eigenvalue weighted by atomic mass is 9.96. The molecular weight excluding hydrogens is 390 g/mol. The van der Waals surface area contributed by atoms with Crippen molar-refractivity contribution < 1.29 is 15.0 Å². The van der Waals surface area contributed by atoms with Crippen LogP contribution in [-0.4, -0.2) is 32.2 Å². The van der Waals surface area contributed by atoms with Gasteiger partial charge in [-0.05, 0) is 34.9 Å². The minimum absolute atomic E-state index is 0.0184. The van der Waals surface area contributed by atoms with Crippen LogP contribution in [0.3, 0.4) is 0 Å². The molecule has 7 heteroatoms. The number of halogens is 1. The first-order valence-corrected chi connectivity index (χ1v) is 9.62. The number of benzene rings is 2. The number of nitrogens with one attached hydrogen (secondary N) is 1. The molecule has 2 heterocycles. The first kappa shape index (κ1) is 19.2. The molecule has 1 amide bonds. The molecule has 0 aliphatic carbocycles. The predicted octanol–water partition coefficient (Wildman–Crippen LogP) is 3.46. The van der Waals surface area contributed by atoms with E-state index >= 15 is 0 Å². The normalized spacial score (nSPS) is 15.8. The average molecular weight is 410 g/mol. The molecule has 2 aromatic carbocycles. The van der Waals surface area contributed by atoms with Gasteiger partial charge in [-0.15, -0.1) is 0 Å². The summed E-state index contributed by atoms with van der Waals surface area (Å²) in [5.74, 6) is -0.924. The molecule has 3 N–H and O–H groups in total. The van der Waals surface area contributed by atoms with E-state index in [0.717, 1.165) is 17.2 Å². The van der Waals surface area contributed by atoms with Crippen molar-refractivity contribution in [3.05, 3.63) is 88.2 Å². The van der Waals surface area contributed by atoms with Crippen LogP contribution in [0.5, 0.6) is 11.5 Å². The number of aromatic hydroxyl groups is 2. The second-order valence-corrected chi connectivity index (χ2v) is 7.39. The molecule has 0 saturated heterocycles. The van der Waals surface area contributed by atoms with Crippen LogP contribution in [0, 0.1) is 0 Å². The summed E-state index contributed by atoms with van der Waals surface area (Å²) in [4.78, 5) is 19.0. The van der Waals surface area contributed by atoms with E-state index in [1.165, 1.54) is 11.6 Å². The highest BCUT2D eigenvalue weighted by atomic mass is 35.5. The lowest BCUT2D eigenvalue weighted by molar-refractivity contribution is 0.0590. The fraction of sp³-hybridized carbons (Fsp3) is 0.182. The van der Waals surface area contributed by atoms with Gasteiger partial charge in [0.05, 0.1) is 16.8 Å². The van der Waals surface area contributed by atoms with Crippen molar-refractivity contribution in [1.82, 2.24) is 15.2 Å². The number of hydrogen-bond acceptors (Lipinski definition) is 5. The van der Waals surface area contributed by atoms with Crippen molar-refractivity contribution in [2.75, 3.05) is 0 Å². The van der Waals surface area contributed by atoms with Gasteiger partial charge in [0, 0.05) is 38.0 Å². The van der Waals surface area contributed by atoms with Gasteiger partial charge in [0.25, 0.3) is 5.91 Å². The molecule has 29 heavy (non-hydrogen) atoms. The van der Waals surface area contributed by atoms with E-state index in [0.29, 0.717) is 19.5 Å². The minimum atomic E-state index is -0.355. The highest BCUT2D eigenvalue weighted by molar-refractivity contribution is 6.32. The summed E-state index contributed by atoms with van der Waals surface area (Å²) in [7, 11) is 0. The molecule has 1 aliphatic rings. The number of hydrogen-bond donors (Lipinski definition) is 3. The summed E-state index contributed by atoms with van der Waals surface area (Å²) in [6, 6.07) is 14.2. The lowest BCUT2D eigenvalue weighted by Crippen LogP contribution is -2.51. The van der Waals surface area contributed by atoms with Crippen molar-refractivity contribution in [3.8, 4) is 11.5 Å². The second-order valence-electron chi connectivity index (χ2n) is 6.98. The van der Waals surface area contributed by atoms with E-state index < -0.39 is 0 Å². The Morgan fingerprint density at radius 3 is 2.59 bits per heavy atom. The van der Waals surface area contributed by atoms with Gasteiger partial charge in [-0.3, -0.25) is 15.1 Å². The van der Waals surface area contributed by atoms with Crippen molar-refractivity contribution >= 4 is 17.5 Å². The van der Waals surface area contributed by atoms with E-state index in [1.807, 2.05) is 30.3 Å². The largest absolute Gasteiger partial charge is 0.507 e.